The Kier molecular flexibility index (Phi) is 6.06. The summed E-state index contributed by atoms with van der Waals surface area (Å²) < 4.78 is 10.5. The Morgan fingerprint density at radius 1 is 1.18 bits per heavy atom. The van der Waals surface area contributed by atoms with E-state index in [0.29, 0.717) is 33.9 Å². The molecule has 7 nitrogen and oxygen atoms in total. The molecule has 0 bridgehead atoms. The largest absolute Gasteiger partial charge is 0.495 e. The number of halogens is 1. The van der Waals surface area contributed by atoms with Crippen LogP contribution in [0.1, 0.15) is 23.7 Å². The summed E-state index contributed by atoms with van der Waals surface area (Å²) in [7, 11) is 1.50. The Hall–Kier alpha value is -3.19. The summed E-state index contributed by atoms with van der Waals surface area (Å²) in [6.45, 7) is 1.75. The molecule has 2 aromatic carbocycles. The number of nitrogens with zero attached hydrogens (tertiary/aromatic N) is 2. The fourth-order valence-electron chi connectivity index (χ4n) is 2.64. The molecule has 1 amide bonds. The average Bonchev–Trinajstić information content (AvgIpc) is 2.71. The highest BCUT2D eigenvalue weighted by atomic mass is 35.5. The Balaban J connectivity index is 1.75. The zero-order chi connectivity index (χ0) is 20.1. The van der Waals surface area contributed by atoms with Gasteiger partial charge in [-0.05, 0) is 36.8 Å². The van der Waals surface area contributed by atoms with Gasteiger partial charge in [-0.1, -0.05) is 24.6 Å². The van der Waals surface area contributed by atoms with Crippen LogP contribution < -0.4 is 10.1 Å². The maximum atomic E-state index is 12.6. The molecule has 1 atom stereocenters. The molecule has 0 saturated carbocycles. The molecule has 0 aliphatic heterocycles. The summed E-state index contributed by atoms with van der Waals surface area (Å²) in [5, 5.41) is 3.06. The lowest BCUT2D eigenvalue weighted by Gasteiger charge is -2.17. The lowest BCUT2D eigenvalue weighted by molar-refractivity contribution is -0.124. The second kappa shape index (κ2) is 8.67. The van der Waals surface area contributed by atoms with Crippen LogP contribution >= 0.6 is 11.6 Å². The SMILES string of the molecule is CCC(OC(=O)c1cccc2nccnc12)C(=O)Nc1ccc(OC)c(Cl)c1. The molecular formula is C20H18ClN3O4. The summed E-state index contributed by atoms with van der Waals surface area (Å²) >= 11 is 6.07. The number of rotatable bonds is 6. The molecule has 1 heterocycles. The fraction of sp³-hybridized carbons (Fsp3) is 0.200. The minimum atomic E-state index is -0.972. The molecule has 3 rings (SSSR count). The van der Waals surface area contributed by atoms with E-state index in [1.165, 1.54) is 13.3 Å². The van der Waals surface area contributed by atoms with Crippen LogP contribution in [0, 0.1) is 0 Å². The standard InChI is InChI=1S/C20H18ClN3O4/c1-3-16(19(25)24-12-7-8-17(27-2)14(21)11-12)28-20(26)13-5-4-6-15-18(13)23-10-9-22-15/h4-11,16H,3H2,1-2H3,(H,24,25). The first-order chi connectivity index (χ1) is 13.5. The van der Waals surface area contributed by atoms with Crippen molar-refractivity contribution >= 4 is 40.2 Å². The molecule has 0 fully saturated rings. The number of fused-ring (bicyclic) bond motifs is 1. The zero-order valence-electron chi connectivity index (χ0n) is 15.3. The maximum absolute atomic E-state index is 12.6. The average molecular weight is 400 g/mol. The Morgan fingerprint density at radius 3 is 2.68 bits per heavy atom. The van der Waals surface area contributed by atoms with Crippen LogP contribution in [0.25, 0.3) is 11.0 Å². The van der Waals surface area contributed by atoms with Crippen molar-refractivity contribution in [1.29, 1.82) is 0 Å². The number of hydrogen-bond acceptors (Lipinski definition) is 6. The normalized spacial score (nSPS) is 11.7. The lowest BCUT2D eigenvalue weighted by Crippen LogP contribution is -2.32. The number of esters is 1. The Bertz CT molecular complexity index is 1020. The van der Waals surface area contributed by atoms with Crippen LogP contribution in [0.3, 0.4) is 0 Å². The molecular weight excluding hydrogens is 382 g/mol. The fourth-order valence-corrected chi connectivity index (χ4v) is 2.90. The number of anilines is 1. The minimum absolute atomic E-state index is 0.254. The molecule has 0 saturated heterocycles. The second-order valence-corrected chi connectivity index (χ2v) is 6.28. The van der Waals surface area contributed by atoms with Gasteiger partial charge < -0.3 is 14.8 Å². The van der Waals surface area contributed by atoms with Gasteiger partial charge in [0.15, 0.2) is 6.10 Å². The van der Waals surface area contributed by atoms with E-state index in [0.717, 1.165) is 0 Å². The van der Waals surface area contributed by atoms with Crippen LogP contribution in [-0.4, -0.2) is 35.1 Å². The minimum Gasteiger partial charge on any atom is -0.495 e. The quantitative estimate of drug-likeness (QED) is 0.633. The van der Waals surface area contributed by atoms with E-state index in [1.54, 1.807) is 49.5 Å². The number of nitrogens with one attached hydrogen (secondary N) is 1. The van der Waals surface area contributed by atoms with Gasteiger partial charge in [-0.15, -0.1) is 0 Å². The Labute approximate surface area is 166 Å². The first-order valence-electron chi connectivity index (χ1n) is 8.58. The number of methoxy groups -OCH3 is 1. The van der Waals surface area contributed by atoms with E-state index < -0.39 is 18.0 Å². The van der Waals surface area contributed by atoms with E-state index in [4.69, 9.17) is 21.1 Å². The molecule has 0 aliphatic rings. The van der Waals surface area contributed by atoms with E-state index in [9.17, 15) is 9.59 Å². The molecule has 0 spiro atoms. The van der Waals surface area contributed by atoms with E-state index in [1.807, 2.05) is 0 Å². The van der Waals surface area contributed by atoms with Crippen molar-refractivity contribution in [3.8, 4) is 5.75 Å². The first-order valence-corrected chi connectivity index (χ1v) is 8.96. The highest BCUT2D eigenvalue weighted by molar-refractivity contribution is 6.32. The zero-order valence-corrected chi connectivity index (χ0v) is 16.1. The molecule has 8 heteroatoms. The summed E-state index contributed by atoms with van der Waals surface area (Å²) in [5.41, 5.74) is 1.72. The van der Waals surface area contributed by atoms with Crippen LogP contribution in [0.2, 0.25) is 5.02 Å². The lowest BCUT2D eigenvalue weighted by atomic mass is 10.1. The van der Waals surface area contributed by atoms with Crippen LogP contribution in [-0.2, 0) is 9.53 Å². The number of benzene rings is 2. The summed E-state index contributed by atoms with van der Waals surface area (Å²) in [4.78, 5) is 33.5. The van der Waals surface area contributed by atoms with Gasteiger partial charge in [-0.2, -0.15) is 0 Å². The third kappa shape index (κ3) is 4.20. The molecule has 1 aromatic heterocycles. The van der Waals surface area contributed by atoms with Gasteiger partial charge in [0, 0.05) is 18.1 Å². The summed E-state index contributed by atoms with van der Waals surface area (Å²) in [6, 6.07) is 9.88. The smallest absolute Gasteiger partial charge is 0.341 e. The summed E-state index contributed by atoms with van der Waals surface area (Å²) in [5.74, 6) is -0.598. The monoisotopic (exact) mass is 399 g/mol. The van der Waals surface area contributed by atoms with Crippen LogP contribution in [0.5, 0.6) is 5.75 Å². The van der Waals surface area contributed by atoms with Crippen molar-refractivity contribution in [2.75, 3.05) is 12.4 Å². The topological polar surface area (TPSA) is 90.4 Å². The van der Waals surface area contributed by atoms with Gasteiger partial charge in [-0.25, -0.2) is 4.79 Å². The van der Waals surface area contributed by atoms with Gasteiger partial charge in [-0.3, -0.25) is 14.8 Å². The van der Waals surface area contributed by atoms with Crippen molar-refractivity contribution in [1.82, 2.24) is 9.97 Å². The molecule has 144 valence electrons. The molecule has 0 aliphatic carbocycles. The molecule has 3 aromatic rings. The van der Waals surface area contributed by atoms with Crippen molar-refractivity contribution in [3.05, 3.63) is 59.4 Å². The van der Waals surface area contributed by atoms with Gasteiger partial charge in [0.25, 0.3) is 5.91 Å². The van der Waals surface area contributed by atoms with Crippen molar-refractivity contribution in [2.45, 2.75) is 19.4 Å². The Morgan fingerprint density at radius 2 is 1.96 bits per heavy atom. The van der Waals surface area contributed by atoms with Crippen LogP contribution in [0.15, 0.2) is 48.8 Å². The van der Waals surface area contributed by atoms with Gasteiger partial charge in [0.05, 0.1) is 23.2 Å². The maximum Gasteiger partial charge on any atom is 0.341 e. The molecule has 1 N–H and O–H groups in total. The van der Waals surface area contributed by atoms with Crippen molar-refractivity contribution in [3.63, 3.8) is 0 Å². The predicted octanol–water partition coefficient (Wildman–Crippen LogP) is 3.87. The highest BCUT2D eigenvalue weighted by Crippen LogP contribution is 2.27. The molecule has 28 heavy (non-hydrogen) atoms. The number of carbonyl (C=O) groups is 2. The third-order valence-corrected chi connectivity index (χ3v) is 4.35. The van der Waals surface area contributed by atoms with E-state index in [2.05, 4.69) is 15.3 Å². The van der Waals surface area contributed by atoms with Gasteiger partial charge in [0.2, 0.25) is 0 Å². The number of ether oxygens (including phenoxy) is 2. The number of aromatic nitrogens is 2. The van der Waals surface area contributed by atoms with E-state index in [-0.39, 0.29) is 5.56 Å². The molecule has 1 unspecified atom stereocenters. The van der Waals surface area contributed by atoms with E-state index >= 15 is 0 Å². The van der Waals surface area contributed by atoms with Gasteiger partial charge >= 0.3 is 5.97 Å². The number of carbonyl (C=O) groups excluding carboxylic acids is 2. The molecule has 0 radical (unpaired) electrons. The van der Waals surface area contributed by atoms with Crippen molar-refractivity contribution in [2.24, 2.45) is 0 Å². The first kappa shape index (κ1) is 19.6. The van der Waals surface area contributed by atoms with Gasteiger partial charge in [0.1, 0.15) is 11.3 Å². The number of hydrogen-bond donors (Lipinski definition) is 1. The number of amides is 1. The van der Waals surface area contributed by atoms with Crippen LogP contribution in [0.4, 0.5) is 5.69 Å². The highest BCUT2D eigenvalue weighted by Gasteiger charge is 2.23. The second-order valence-electron chi connectivity index (χ2n) is 5.87. The predicted molar refractivity (Wildman–Crippen MR) is 106 cm³/mol. The summed E-state index contributed by atoms with van der Waals surface area (Å²) in [6.07, 6.45) is 2.37. The number of para-hydroxylation sites is 1. The van der Waals surface area contributed by atoms with Crippen molar-refractivity contribution < 1.29 is 19.1 Å². The third-order valence-electron chi connectivity index (χ3n) is 4.05.